The fourth-order valence-corrected chi connectivity index (χ4v) is 2.24. The van der Waals surface area contributed by atoms with Gasteiger partial charge in [-0.1, -0.05) is 6.07 Å². The highest BCUT2D eigenvalue weighted by Gasteiger charge is 2.23. The molecule has 6 heteroatoms. The van der Waals surface area contributed by atoms with Crippen molar-refractivity contribution in [3.8, 4) is 5.75 Å². The fraction of sp³-hybridized carbons (Fsp3) is 0.467. The van der Waals surface area contributed by atoms with Crippen molar-refractivity contribution in [1.29, 1.82) is 0 Å². The van der Waals surface area contributed by atoms with Gasteiger partial charge in [0.25, 0.3) is 0 Å². The smallest absolute Gasteiger partial charge is 0.216 e. The van der Waals surface area contributed by atoms with E-state index in [2.05, 4.69) is 5.32 Å². The third kappa shape index (κ3) is 3.80. The van der Waals surface area contributed by atoms with E-state index in [0.717, 1.165) is 0 Å². The first-order valence-electron chi connectivity index (χ1n) is 6.89. The number of aliphatic hydroxyl groups is 2. The van der Waals surface area contributed by atoms with E-state index in [0.29, 0.717) is 29.9 Å². The SMILES string of the molecule is CC(=O)NCCC(O)C(O)c1ccc2c(c1)C(=O)CCO2. The van der Waals surface area contributed by atoms with Crippen molar-refractivity contribution in [2.45, 2.75) is 32.0 Å². The maximum atomic E-state index is 11.8. The van der Waals surface area contributed by atoms with Crippen molar-refractivity contribution in [2.24, 2.45) is 0 Å². The van der Waals surface area contributed by atoms with Crippen LogP contribution in [-0.2, 0) is 4.79 Å². The van der Waals surface area contributed by atoms with E-state index >= 15 is 0 Å². The van der Waals surface area contributed by atoms with Crippen molar-refractivity contribution in [3.05, 3.63) is 29.3 Å². The summed E-state index contributed by atoms with van der Waals surface area (Å²) in [7, 11) is 0. The average molecular weight is 293 g/mol. The Hall–Kier alpha value is -1.92. The lowest BCUT2D eigenvalue weighted by Gasteiger charge is -2.21. The van der Waals surface area contributed by atoms with Crippen molar-refractivity contribution in [2.75, 3.05) is 13.2 Å². The third-order valence-corrected chi connectivity index (χ3v) is 3.41. The lowest BCUT2D eigenvalue weighted by molar-refractivity contribution is -0.119. The van der Waals surface area contributed by atoms with Crippen LogP contribution in [0.2, 0.25) is 0 Å². The first-order valence-corrected chi connectivity index (χ1v) is 6.89. The second kappa shape index (κ2) is 6.69. The molecule has 1 aromatic rings. The monoisotopic (exact) mass is 293 g/mol. The molecule has 2 rings (SSSR count). The number of hydrogen-bond donors (Lipinski definition) is 3. The van der Waals surface area contributed by atoms with Gasteiger partial charge in [0, 0.05) is 19.9 Å². The Morgan fingerprint density at radius 2 is 2.19 bits per heavy atom. The summed E-state index contributed by atoms with van der Waals surface area (Å²) in [5, 5.41) is 22.6. The van der Waals surface area contributed by atoms with E-state index in [-0.39, 0.29) is 24.7 Å². The molecule has 0 aromatic heterocycles. The molecule has 1 heterocycles. The number of nitrogens with one attached hydrogen (secondary N) is 1. The average Bonchev–Trinajstić information content (AvgIpc) is 2.46. The van der Waals surface area contributed by atoms with Gasteiger partial charge in [-0.05, 0) is 24.1 Å². The molecule has 0 bridgehead atoms. The summed E-state index contributed by atoms with van der Waals surface area (Å²) >= 11 is 0. The Morgan fingerprint density at radius 3 is 2.90 bits per heavy atom. The molecule has 1 amide bonds. The molecule has 2 unspecified atom stereocenters. The minimum atomic E-state index is -1.11. The van der Waals surface area contributed by atoms with E-state index < -0.39 is 12.2 Å². The number of ether oxygens (including phenoxy) is 1. The zero-order valence-electron chi connectivity index (χ0n) is 11.8. The van der Waals surface area contributed by atoms with Crippen molar-refractivity contribution < 1.29 is 24.5 Å². The third-order valence-electron chi connectivity index (χ3n) is 3.41. The lowest BCUT2D eigenvalue weighted by atomic mass is 9.96. The lowest BCUT2D eigenvalue weighted by Crippen LogP contribution is -2.27. The molecule has 2 atom stereocenters. The summed E-state index contributed by atoms with van der Waals surface area (Å²) in [6, 6.07) is 4.82. The van der Waals surface area contributed by atoms with Crippen LogP contribution in [0, 0.1) is 0 Å². The van der Waals surface area contributed by atoms with E-state index in [1.807, 2.05) is 0 Å². The van der Waals surface area contributed by atoms with E-state index in [4.69, 9.17) is 4.74 Å². The summed E-state index contributed by atoms with van der Waals surface area (Å²) in [4.78, 5) is 22.6. The van der Waals surface area contributed by atoms with E-state index in [1.54, 1.807) is 18.2 Å². The highest BCUT2D eigenvalue weighted by atomic mass is 16.5. The van der Waals surface area contributed by atoms with Crippen LogP contribution >= 0.6 is 0 Å². The Bertz CT molecular complexity index is 543. The quantitative estimate of drug-likeness (QED) is 0.737. The first kappa shape index (κ1) is 15.5. The highest BCUT2D eigenvalue weighted by Crippen LogP contribution is 2.29. The van der Waals surface area contributed by atoms with Crippen LogP contribution in [0.1, 0.15) is 41.8 Å². The molecule has 0 aliphatic carbocycles. The standard InChI is InChI=1S/C15H19NO5/c1-9(17)16-6-4-13(19)15(20)10-2-3-14-11(8-10)12(18)5-7-21-14/h2-3,8,13,15,19-20H,4-7H2,1H3,(H,16,17). The van der Waals surface area contributed by atoms with Gasteiger partial charge in [0.05, 0.1) is 18.3 Å². The van der Waals surface area contributed by atoms with Crippen molar-refractivity contribution in [3.63, 3.8) is 0 Å². The molecule has 0 spiro atoms. The van der Waals surface area contributed by atoms with E-state index in [9.17, 15) is 19.8 Å². The predicted octanol–water partition coefficient (Wildman–Crippen LogP) is 0.572. The molecular formula is C15H19NO5. The molecule has 1 aliphatic rings. The minimum Gasteiger partial charge on any atom is -0.492 e. The number of ketones is 1. The number of amides is 1. The van der Waals surface area contributed by atoms with Gasteiger partial charge in [-0.25, -0.2) is 0 Å². The zero-order valence-corrected chi connectivity index (χ0v) is 11.8. The fourth-order valence-electron chi connectivity index (χ4n) is 2.24. The Kier molecular flexibility index (Phi) is 4.93. The second-order valence-electron chi connectivity index (χ2n) is 5.06. The van der Waals surface area contributed by atoms with Crippen LogP contribution in [0.3, 0.4) is 0 Å². The molecule has 114 valence electrons. The van der Waals surface area contributed by atoms with Gasteiger partial charge in [0.2, 0.25) is 5.91 Å². The molecule has 1 aliphatic heterocycles. The van der Waals surface area contributed by atoms with Gasteiger partial charge in [-0.2, -0.15) is 0 Å². The number of benzene rings is 1. The number of Topliss-reactive ketones (excluding diaryl/α,β-unsaturated/α-hetero) is 1. The van der Waals surface area contributed by atoms with Gasteiger partial charge in [0.15, 0.2) is 5.78 Å². The predicted molar refractivity (Wildman–Crippen MR) is 75.2 cm³/mol. The van der Waals surface area contributed by atoms with Crippen molar-refractivity contribution in [1.82, 2.24) is 5.32 Å². The summed E-state index contributed by atoms with van der Waals surface area (Å²) in [5.74, 6) is 0.293. The van der Waals surface area contributed by atoms with Crippen molar-refractivity contribution >= 4 is 11.7 Å². The molecule has 0 saturated carbocycles. The van der Waals surface area contributed by atoms with Gasteiger partial charge in [-0.3, -0.25) is 9.59 Å². The Morgan fingerprint density at radius 1 is 1.43 bits per heavy atom. The van der Waals surface area contributed by atoms with Crippen LogP contribution in [0.15, 0.2) is 18.2 Å². The maximum absolute atomic E-state index is 11.8. The van der Waals surface area contributed by atoms with Crippen LogP contribution in [0.4, 0.5) is 0 Å². The van der Waals surface area contributed by atoms with Gasteiger partial charge in [-0.15, -0.1) is 0 Å². The summed E-state index contributed by atoms with van der Waals surface area (Å²) < 4.78 is 5.37. The minimum absolute atomic E-state index is 0.0296. The first-order chi connectivity index (χ1) is 9.99. The number of carbonyl (C=O) groups excluding carboxylic acids is 2. The van der Waals surface area contributed by atoms with E-state index in [1.165, 1.54) is 6.92 Å². The second-order valence-corrected chi connectivity index (χ2v) is 5.06. The summed E-state index contributed by atoms with van der Waals surface area (Å²) in [6.45, 7) is 2.03. The topological polar surface area (TPSA) is 95.9 Å². The molecule has 3 N–H and O–H groups in total. The van der Waals surface area contributed by atoms with Gasteiger partial charge < -0.3 is 20.3 Å². The van der Waals surface area contributed by atoms with Crippen LogP contribution in [0.5, 0.6) is 5.75 Å². The Labute approximate surface area is 122 Å². The number of carbonyl (C=O) groups is 2. The normalized spacial score (nSPS) is 16.6. The number of hydrogen-bond acceptors (Lipinski definition) is 5. The van der Waals surface area contributed by atoms with Crippen LogP contribution in [-0.4, -0.2) is 41.2 Å². The Balaban J connectivity index is 2.05. The number of aliphatic hydroxyl groups excluding tert-OH is 2. The van der Waals surface area contributed by atoms with Gasteiger partial charge in [0.1, 0.15) is 11.9 Å². The largest absolute Gasteiger partial charge is 0.492 e. The number of rotatable bonds is 5. The molecule has 1 aromatic carbocycles. The highest BCUT2D eigenvalue weighted by molar-refractivity contribution is 5.99. The number of fused-ring (bicyclic) bond motifs is 1. The summed E-state index contributed by atoms with van der Waals surface area (Å²) in [6.07, 6.45) is -1.59. The van der Waals surface area contributed by atoms with Gasteiger partial charge >= 0.3 is 0 Å². The summed E-state index contributed by atoms with van der Waals surface area (Å²) in [5.41, 5.74) is 0.898. The zero-order chi connectivity index (χ0) is 15.4. The molecule has 21 heavy (non-hydrogen) atoms. The molecule has 0 fully saturated rings. The van der Waals surface area contributed by atoms with Crippen LogP contribution in [0.25, 0.3) is 0 Å². The maximum Gasteiger partial charge on any atom is 0.216 e. The molecule has 6 nitrogen and oxygen atoms in total. The molecular weight excluding hydrogens is 274 g/mol. The molecule has 0 saturated heterocycles. The molecule has 0 radical (unpaired) electrons. The van der Waals surface area contributed by atoms with Crippen LogP contribution < -0.4 is 10.1 Å².